The van der Waals surface area contributed by atoms with Crippen molar-refractivity contribution in [1.29, 1.82) is 0 Å². The monoisotopic (exact) mass is 1110 g/mol. The van der Waals surface area contributed by atoms with Gasteiger partial charge < -0.3 is 14.2 Å². The maximum atomic E-state index is 12.9. The minimum Gasteiger partial charge on any atom is -0.462 e. The number of ether oxygens (including phenoxy) is 3. The van der Waals surface area contributed by atoms with Crippen LogP contribution in [0.2, 0.25) is 0 Å². The number of unbranched alkanes of at least 4 members (excludes halogenated alkanes) is 43. The van der Waals surface area contributed by atoms with Crippen molar-refractivity contribution >= 4 is 17.9 Å². The zero-order chi connectivity index (χ0) is 57.1. The molecule has 0 saturated heterocycles. The van der Waals surface area contributed by atoms with Crippen molar-refractivity contribution in [2.75, 3.05) is 13.2 Å². The Morgan fingerprint density at radius 3 is 0.734 bits per heavy atom. The number of carbonyl (C=O) groups is 3. The lowest BCUT2D eigenvalue weighted by Gasteiger charge is -2.18. The topological polar surface area (TPSA) is 78.9 Å². The van der Waals surface area contributed by atoms with Gasteiger partial charge in [-0.1, -0.05) is 319 Å². The summed E-state index contributed by atoms with van der Waals surface area (Å²) < 4.78 is 17.0. The molecule has 0 aromatic rings. The van der Waals surface area contributed by atoms with Crippen molar-refractivity contribution in [2.45, 2.75) is 374 Å². The molecule has 0 heterocycles. The van der Waals surface area contributed by atoms with E-state index in [1.807, 2.05) is 0 Å². The van der Waals surface area contributed by atoms with Gasteiger partial charge in [0, 0.05) is 19.3 Å². The molecule has 1 atom stereocenters. The van der Waals surface area contributed by atoms with E-state index < -0.39 is 6.10 Å². The van der Waals surface area contributed by atoms with Crippen molar-refractivity contribution in [1.82, 2.24) is 0 Å². The molecule has 0 aliphatic heterocycles. The fourth-order valence-electron chi connectivity index (χ4n) is 10.2. The number of esters is 3. The summed E-state index contributed by atoms with van der Waals surface area (Å²) in [6.07, 6.45) is 86.7. The van der Waals surface area contributed by atoms with Crippen molar-refractivity contribution in [3.8, 4) is 0 Å². The number of allylic oxidation sites excluding steroid dienone is 10. The zero-order valence-corrected chi connectivity index (χ0v) is 52.9. The van der Waals surface area contributed by atoms with Crippen LogP contribution in [-0.2, 0) is 28.6 Å². The standard InChI is InChI=1S/C73H132O6/c1-4-7-10-13-16-19-22-25-27-29-31-32-33-34-35-36-37-38-39-40-42-43-45-48-51-54-57-60-63-66-72(75)78-69-70(68-77-71(74)65-62-59-56-53-50-47-24-21-18-15-12-9-6-3)79-73(76)67-64-61-58-55-52-49-46-44-41-30-28-26-23-20-17-14-11-8-5-2/h17,20,22,25-26,28-29,31,41,44,70H,4-16,18-19,21,23-24,27,30,32-40,42-43,45-69H2,1-3H3/b20-17-,25-22-,28-26-,31-29-,44-41-. The van der Waals surface area contributed by atoms with Crippen molar-refractivity contribution in [2.24, 2.45) is 0 Å². The van der Waals surface area contributed by atoms with Gasteiger partial charge in [0.2, 0.25) is 0 Å². The summed E-state index contributed by atoms with van der Waals surface area (Å²) in [6.45, 7) is 6.64. The van der Waals surface area contributed by atoms with E-state index in [4.69, 9.17) is 14.2 Å². The first-order chi connectivity index (χ1) is 39.0. The van der Waals surface area contributed by atoms with Gasteiger partial charge in [-0.3, -0.25) is 14.4 Å². The molecular weight excluding hydrogens is 973 g/mol. The van der Waals surface area contributed by atoms with Crippen LogP contribution in [0.5, 0.6) is 0 Å². The average Bonchev–Trinajstić information content (AvgIpc) is 3.45. The highest BCUT2D eigenvalue weighted by molar-refractivity contribution is 5.71. The minimum atomic E-state index is -0.780. The molecule has 0 aromatic carbocycles. The highest BCUT2D eigenvalue weighted by atomic mass is 16.6. The Morgan fingerprint density at radius 1 is 0.253 bits per heavy atom. The van der Waals surface area contributed by atoms with E-state index in [-0.39, 0.29) is 31.1 Å². The van der Waals surface area contributed by atoms with E-state index in [9.17, 15) is 14.4 Å². The summed E-state index contributed by atoms with van der Waals surface area (Å²) in [5, 5.41) is 0. The van der Waals surface area contributed by atoms with E-state index in [0.29, 0.717) is 19.3 Å². The van der Waals surface area contributed by atoms with Gasteiger partial charge in [-0.2, -0.15) is 0 Å². The zero-order valence-electron chi connectivity index (χ0n) is 52.9. The van der Waals surface area contributed by atoms with Crippen LogP contribution < -0.4 is 0 Å². The summed E-state index contributed by atoms with van der Waals surface area (Å²) in [5.74, 6) is -0.865. The first-order valence-electron chi connectivity index (χ1n) is 34.8. The molecular formula is C73H132O6. The molecule has 0 rings (SSSR count). The highest BCUT2D eigenvalue weighted by Gasteiger charge is 2.19. The Bertz CT molecular complexity index is 1410. The van der Waals surface area contributed by atoms with Gasteiger partial charge >= 0.3 is 17.9 Å². The minimum absolute atomic E-state index is 0.0750. The average molecular weight is 1110 g/mol. The lowest BCUT2D eigenvalue weighted by molar-refractivity contribution is -0.167. The normalized spacial score (nSPS) is 12.4. The molecule has 0 aliphatic carbocycles. The lowest BCUT2D eigenvalue weighted by atomic mass is 10.0. The Labute approximate surface area is 491 Å². The summed E-state index contributed by atoms with van der Waals surface area (Å²) in [7, 11) is 0. The van der Waals surface area contributed by atoms with E-state index in [0.717, 1.165) is 83.5 Å². The molecule has 0 amide bonds. The SMILES string of the molecule is CCCCC/C=C\C/C=C\C/C=C\CCCCCCCCC(=O)OC(COC(=O)CCCCCCCCCCCCCCC)COC(=O)CCCCCCCCCCCCCCCCCCC/C=C\C/C=C\CCCCCCC. The van der Waals surface area contributed by atoms with Gasteiger partial charge in [0.25, 0.3) is 0 Å². The smallest absolute Gasteiger partial charge is 0.306 e. The summed E-state index contributed by atoms with van der Waals surface area (Å²) >= 11 is 0. The summed E-state index contributed by atoms with van der Waals surface area (Å²) in [4.78, 5) is 38.4. The highest BCUT2D eigenvalue weighted by Crippen LogP contribution is 2.18. The van der Waals surface area contributed by atoms with Gasteiger partial charge in [-0.15, -0.1) is 0 Å². The molecule has 1 unspecified atom stereocenters. The molecule has 0 spiro atoms. The van der Waals surface area contributed by atoms with E-state index in [1.54, 1.807) is 0 Å². The van der Waals surface area contributed by atoms with Crippen molar-refractivity contribution in [3.63, 3.8) is 0 Å². The number of rotatable bonds is 64. The van der Waals surface area contributed by atoms with Crippen molar-refractivity contribution < 1.29 is 28.6 Å². The third kappa shape index (κ3) is 65.8. The third-order valence-corrected chi connectivity index (χ3v) is 15.5. The Kier molecular flexibility index (Phi) is 65.1. The van der Waals surface area contributed by atoms with Crippen LogP contribution in [0.4, 0.5) is 0 Å². The number of hydrogen-bond acceptors (Lipinski definition) is 6. The van der Waals surface area contributed by atoms with E-state index in [1.165, 1.54) is 244 Å². The Balaban J connectivity index is 4.22. The second-order valence-corrected chi connectivity index (χ2v) is 23.4. The van der Waals surface area contributed by atoms with Crippen LogP contribution >= 0.6 is 0 Å². The number of carbonyl (C=O) groups excluding carboxylic acids is 3. The first-order valence-corrected chi connectivity index (χ1v) is 34.8. The molecule has 6 nitrogen and oxygen atoms in total. The second kappa shape index (κ2) is 67.6. The molecule has 460 valence electrons. The summed E-state index contributed by atoms with van der Waals surface area (Å²) in [5.41, 5.74) is 0. The summed E-state index contributed by atoms with van der Waals surface area (Å²) in [6, 6.07) is 0. The van der Waals surface area contributed by atoms with Crippen molar-refractivity contribution in [3.05, 3.63) is 60.8 Å². The maximum Gasteiger partial charge on any atom is 0.306 e. The molecule has 0 aliphatic rings. The predicted octanol–water partition coefficient (Wildman–Crippen LogP) is 23.9. The number of hydrogen-bond donors (Lipinski definition) is 0. The fraction of sp³-hybridized carbons (Fsp3) is 0.822. The molecule has 0 fully saturated rings. The molecule has 79 heavy (non-hydrogen) atoms. The predicted molar refractivity (Wildman–Crippen MR) is 344 cm³/mol. The van der Waals surface area contributed by atoms with Crippen LogP contribution in [0.15, 0.2) is 60.8 Å². The van der Waals surface area contributed by atoms with E-state index in [2.05, 4.69) is 81.5 Å². The largest absolute Gasteiger partial charge is 0.462 e. The second-order valence-electron chi connectivity index (χ2n) is 23.4. The first kappa shape index (κ1) is 76.1. The maximum absolute atomic E-state index is 12.9. The molecule has 0 aromatic heterocycles. The molecule has 0 saturated carbocycles. The van der Waals surface area contributed by atoms with Crippen LogP contribution in [0, 0.1) is 0 Å². The Hall–Kier alpha value is -2.89. The van der Waals surface area contributed by atoms with Gasteiger partial charge in [0.05, 0.1) is 0 Å². The quantitative estimate of drug-likeness (QED) is 0.0261. The van der Waals surface area contributed by atoms with Gasteiger partial charge in [-0.05, 0) is 89.9 Å². The van der Waals surface area contributed by atoms with E-state index >= 15 is 0 Å². The van der Waals surface area contributed by atoms with Gasteiger partial charge in [-0.25, -0.2) is 0 Å². The van der Waals surface area contributed by atoms with Gasteiger partial charge in [0.1, 0.15) is 13.2 Å². The fourth-order valence-corrected chi connectivity index (χ4v) is 10.2. The van der Waals surface area contributed by atoms with Crippen LogP contribution in [0.3, 0.4) is 0 Å². The van der Waals surface area contributed by atoms with Crippen LogP contribution in [-0.4, -0.2) is 37.2 Å². The van der Waals surface area contributed by atoms with Gasteiger partial charge in [0.15, 0.2) is 6.10 Å². The lowest BCUT2D eigenvalue weighted by Crippen LogP contribution is -2.30. The molecule has 0 bridgehead atoms. The van der Waals surface area contributed by atoms with Crippen LogP contribution in [0.1, 0.15) is 367 Å². The molecule has 0 radical (unpaired) electrons. The Morgan fingerprint density at radius 2 is 0.456 bits per heavy atom. The molecule has 6 heteroatoms. The third-order valence-electron chi connectivity index (χ3n) is 15.5. The van der Waals surface area contributed by atoms with Crippen LogP contribution in [0.25, 0.3) is 0 Å². The molecule has 0 N–H and O–H groups in total.